The van der Waals surface area contributed by atoms with Gasteiger partial charge in [0.25, 0.3) is 0 Å². The topological polar surface area (TPSA) is 175 Å². The van der Waals surface area contributed by atoms with Gasteiger partial charge in [-0.05, 0) is 25.1 Å². The number of benzene rings is 1. The van der Waals surface area contributed by atoms with Crippen molar-refractivity contribution in [1.82, 2.24) is 19.5 Å². The van der Waals surface area contributed by atoms with Gasteiger partial charge in [-0.3, -0.25) is 9.09 Å². The van der Waals surface area contributed by atoms with Gasteiger partial charge in [-0.15, -0.1) is 0 Å². The van der Waals surface area contributed by atoms with Crippen molar-refractivity contribution in [2.24, 2.45) is 0 Å². The molecule has 0 bridgehead atoms. The van der Waals surface area contributed by atoms with E-state index in [1.807, 2.05) is 0 Å². The molecular weight excluding hydrogens is 491 g/mol. The van der Waals surface area contributed by atoms with Crippen molar-refractivity contribution in [3.63, 3.8) is 0 Å². The van der Waals surface area contributed by atoms with Gasteiger partial charge in [-0.1, -0.05) is 6.07 Å². The molecule has 0 spiro atoms. The summed E-state index contributed by atoms with van der Waals surface area (Å²) in [6.45, 7) is 0.863. The number of anilines is 1. The van der Waals surface area contributed by atoms with E-state index in [-0.39, 0.29) is 34.9 Å². The Morgan fingerprint density at radius 1 is 1.31 bits per heavy atom. The lowest BCUT2D eigenvalue weighted by atomic mass is 9.96. The second kappa shape index (κ2) is 8.29. The van der Waals surface area contributed by atoms with Crippen LogP contribution < -0.4 is 5.73 Å². The van der Waals surface area contributed by atoms with E-state index < -0.39 is 49.1 Å². The standard InChI is InChI=1S/C20H20F2N5O7P/c1-20(30)15(28)14(33-19(20)27-8-26-13-16(23)24-7-25-17(13)27)18(29)35(31)32-6-5-11(34-35)9-3-2-4-10(21)12(9)22/h2-5,7-8,14-15,18-19,28-30H,6H2,1H3,(H2,23,24,25)/t14-,15+,18?,19+,20+,35?/m0/s1. The molecule has 35 heavy (non-hydrogen) atoms. The number of nitrogens with two attached hydrogens (primary N) is 1. The van der Waals surface area contributed by atoms with Gasteiger partial charge in [0, 0.05) is 0 Å². The predicted molar refractivity (Wildman–Crippen MR) is 115 cm³/mol. The number of aliphatic hydroxyl groups excluding tert-OH is 2. The van der Waals surface area contributed by atoms with Crippen LogP contribution in [-0.4, -0.2) is 65.1 Å². The Morgan fingerprint density at radius 3 is 2.86 bits per heavy atom. The number of hydrogen-bond acceptors (Lipinski definition) is 11. The molecule has 3 aromatic rings. The molecule has 6 atom stereocenters. The summed E-state index contributed by atoms with van der Waals surface area (Å²) in [6.07, 6.45) is -1.20. The Labute approximate surface area is 196 Å². The maximum Gasteiger partial charge on any atom is 0.410 e. The van der Waals surface area contributed by atoms with Crippen LogP contribution in [0.4, 0.5) is 14.6 Å². The molecule has 2 aromatic heterocycles. The molecule has 1 fully saturated rings. The number of rotatable bonds is 4. The highest BCUT2D eigenvalue weighted by Gasteiger charge is 2.60. The normalized spacial score (nSPS) is 31.8. The minimum absolute atomic E-state index is 0.0702. The summed E-state index contributed by atoms with van der Waals surface area (Å²) in [7, 11) is -4.53. The zero-order chi connectivity index (χ0) is 25.1. The van der Waals surface area contributed by atoms with Crippen molar-refractivity contribution >= 4 is 30.3 Å². The number of ether oxygens (including phenoxy) is 1. The molecule has 2 unspecified atom stereocenters. The third-order valence-corrected chi connectivity index (χ3v) is 7.82. The third kappa shape index (κ3) is 3.69. The molecule has 2 aliphatic rings. The van der Waals surface area contributed by atoms with Gasteiger partial charge in [0.15, 0.2) is 35.2 Å². The van der Waals surface area contributed by atoms with Gasteiger partial charge >= 0.3 is 7.60 Å². The molecule has 2 aliphatic heterocycles. The smallest absolute Gasteiger partial charge is 0.410 e. The van der Waals surface area contributed by atoms with Crippen LogP contribution >= 0.6 is 7.60 Å². The number of nitrogen functional groups attached to an aromatic ring is 1. The molecule has 0 radical (unpaired) electrons. The molecule has 186 valence electrons. The summed E-state index contributed by atoms with van der Waals surface area (Å²) in [5, 5.41) is 32.8. The zero-order valence-electron chi connectivity index (χ0n) is 18.0. The highest BCUT2D eigenvalue weighted by atomic mass is 31.2. The Bertz CT molecular complexity index is 1380. The first-order valence-corrected chi connectivity index (χ1v) is 11.9. The zero-order valence-corrected chi connectivity index (χ0v) is 18.9. The monoisotopic (exact) mass is 511 g/mol. The molecular formula is C20H20F2N5O7P. The summed E-state index contributed by atoms with van der Waals surface area (Å²) < 4.78 is 58.8. The second-order valence-electron chi connectivity index (χ2n) is 8.22. The van der Waals surface area contributed by atoms with Crippen LogP contribution in [0.3, 0.4) is 0 Å². The van der Waals surface area contributed by atoms with Gasteiger partial charge in [0.1, 0.15) is 35.4 Å². The van der Waals surface area contributed by atoms with Crippen LogP contribution in [0.2, 0.25) is 0 Å². The maximum absolute atomic E-state index is 14.3. The lowest BCUT2D eigenvalue weighted by Gasteiger charge is -2.31. The van der Waals surface area contributed by atoms with Crippen LogP contribution in [0.5, 0.6) is 0 Å². The molecule has 1 aromatic carbocycles. The van der Waals surface area contributed by atoms with Crippen molar-refractivity contribution in [2.45, 2.75) is 36.8 Å². The first kappa shape index (κ1) is 23.7. The van der Waals surface area contributed by atoms with Crippen molar-refractivity contribution in [3.05, 3.63) is 54.1 Å². The Hall–Kier alpha value is -3.00. The highest BCUT2D eigenvalue weighted by molar-refractivity contribution is 7.54. The predicted octanol–water partition coefficient (Wildman–Crippen LogP) is 1.30. The molecule has 15 heteroatoms. The summed E-state index contributed by atoms with van der Waals surface area (Å²) in [4.78, 5) is 12.0. The molecule has 0 saturated carbocycles. The summed E-state index contributed by atoms with van der Waals surface area (Å²) in [5.41, 5.74) is 3.80. The van der Waals surface area contributed by atoms with Gasteiger partial charge in [-0.2, -0.15) is 0 Å². The van der Waals surface area contributed by atoms with E-state index in [2.05, 4.69) is 15.0 Å². The fourth-order valence-electron chi connectivity index (χ4n) is 4.04. The fourth-order valence-corrected chi connectivity index (χ4v) is 5.68. The first-order valence-electron chi connectivity index (χ1n) is 10.3. The molecule has 1 saturated heterocycles. The third-order valence-electron chi connectivity index (χ3n) is 5.92. The Balaban J connectivity index is 1.45. The molecule has 5 N–H and O–H groups in total. The number of hydrogen-bond donors (Lipinski definition) is 4. The largest absolute Gasteiger partial charge is 0.422 e. The maximum atomic E-state index is 14.3. The number of aromatic nitrogens is 4. The van der Waals surface area contributed by atoms with Crippen molar-refractivity contribution in [3.8, 4) is 0 Å². The SMILES string of the molecule is C[C@@]1(O)[C@H](O)[C@@H](C(O)P2(=O)OCC=C(c3cccc(F)c3F)O2)O[C@H]1n1cnc2c(N)ncnc21. The molecule has 0 amide bonds. The summed E-state index contributed by atoms with van der Waals surface area (Å²) in [6, 6.07) is 3.33. The average molecular weight is 511 g/mol. The Morgan fingerprint density at radius 2 is 2.09 bits per heavy atom. The van der Waals surface area contributed by atoms with Gasteiger partial charge < -0.3 is 30.3 Å². The van der Waals surface area contributed by atoms with E-state index in [1.165, 1.54) is 42.4 Å². The molecule has 4 heterocycles. The average Bonchev–Trinajstić information content (AvgIpc) is 3.34. The van der Waals surface area contributed by atoms with E-state index in [0.29, 0.717) is 0 Å². The highest BCUT2D eigenvalue weighted by Crippen LogP contribution is 2.60. The number of halogens is 2. The van der Waals surface area contributed by atoms with Crippen LogP contribution in [0.15, 0.2) is 36.9 Å². The molecule has 0 aliphatic carbocycles. The Kier molecular flexibility index (Phi) is 5.62. The second-order valence-corrected chi connectivity index (χ2v) is 10.3. The van der Waals surface area contributed by atoms with Gasteiger partial charge in [-0.25, -0.2) is 28.3 Å². The number of imidazole rings is 1. The lowest BCUT2D eigenvalue weighted by molar-refractivity contribution is -0.0968. The van der Waals surface area contributed by atoms with Crippen molar-refractivity contribution in [1.29, 1.82) is 0 Å². The molecule has 12 nitrogen and oxygen atoms in total. The van der Waals surface area contributed by atoms with E-state index in [0.717, 1.165) is 6.07 Å². The van der Waals surface area contributed by atoms with Gasteiger partial charge in [0.05, 0.1) is 18.5 Å². The quantitative estimate of drug-likeness (QED) is 0.372. The summed E-state index contributed by atoms with van der Waals surface area (Å²) in [5.74, 6) is -4.77. The van der Waals surface area contributed by atoms with Crippen LogP contribution in [-0.2, 0) is 18.3 Å². The van der Waals surface area contributed by atoms with Crippen LogP contribution in [0.1, 0.15) is 18.7 Å². The van der Waals surface area contributed by atoms with Gasteiger partial charge in [0.2, 0.25) is 0 Å². The number of nitrogens with zero attached hydrogens (tertiary/aromatic N) is 4. The van der Waals surface area contributed by atoms with Crippen molar-refractivity contribution in [2.75, 3.05) is 12.3 Å². The van der Waals surface area contributed by atoms with Crippen LogP contribution in [0.25, 0.3) is 16.9 Å². The van der Waals surface area contributed by atoms with E-state index >= 15 is 0 Å². The fraction of sp³-hybridized carbons (Fsp3) is 0.350. The number of aliphatic hydroxyl groups is 3. The molecule has 5 rings (SSSR count). The minimum atomic E-state index is -4.53. The lowest BCUT2D eigenvalue weighted by Crippen LogP contribution is -2.46. The summed E-state index contributed by atoms with van der Waals surface area (Å²) >= 11 is 0. The van der Waals surface area contributed by atoms with Crippen LogP contribution in [0, 0.1) is 11.6 Å². The van der Waals surface area contributed by atoms with E-state index in [1.54, 1.807) is 0 Å². The van der Waals surface area contributed by atoms with E-state index in [9.17, 15) is 28.7 Å². The minimum Gasteiger partial charge on any atom is -0.422 e. The van der Waals surface area contributed by atoms with Crippen molar-refractivity contribution < 1.29 is 42.4 Å². The number of fused-ring (bicyclic) bond motifs is 1. The first-order chi connectivity index (χ1) is 16.5. The van der Waals surface area contributed by atoms with E-state index in [4.69, 9.17) is 19.5 Å².